The molecule has 0 aliphatic heterocycles. The van der Waals surface area contributed by atoms with Crippen molar-refractivity contribution in [1.82, 2.24) is 25.1 Å². The summed E-state index contributed by atoms with van der Waals surface area (Å²) in [5.74, 6) is 2.87. The highest BCUT2D eigenvalue weighted by molar-refractivity contribution is 5.50. The summed E-state index contributed by atoms with van der Waals surface area (Å²) < 4.78 is 0. The third-order valence-corrected chi connectivity index (χ3v) is 4.14. The minimum atomic E-state index is 0.452. The van der Waals surface area contributed by atoms with Crippen LogP contribution >= 0.6 is 0 Å². The summed E-state index contributed by atoms with van der Waals surface area (Å²) in [6, 6.07) is 11.5. The topological polar surface area (TPSA) is 115 Å². The number of hydrogen-bond donors (Lipinski definition) is 3. The molecule has 0 radical (unpaired) electrons. The molecule has 0 saturated heterocycles. The van der Waals surface area contributed by atoms with Gasteiger partial charge >= 0.3 is 0 Å². The molecule has 1 saturated carbocycles. The third-order valence-electron chi connectivity index (χ3n) is 4.14. The lowest BCUT2D eigenvalue weighted by Crippen LogP contribution is -2.08. The second-order valence-electron chi connectivity index (χ2n) is 6.30. The monoisotopic (exact) mass is 346 g/mol. The molecule has 8 heteroatoms. The summed E-state index contributed by atoms with van der Waals surface area (Å²) >= 11 is 0. The van der Waals surface area contributed by atoms with Crippen LogP contribution in [0.1, 0.15) is 41.4 Å². The number of H-pyrrole nitrogens is 1. The Balaban J connectivity index is 1.43. The van der Waals surface area contributed by atoms with Gasteiger partial charge < -0.3 is 10.6 Å². The Bertz CT molecular complexity index is 950. The number of aryl methyl sites for hydroxylation is 1. The summed E-state index contributed by atoms with van der Waals surface area (Å²) in [5.41, 5.74) is 2.83. The molecule has 1 aromatic carbocycles. The lowest BCUT2D eigenvalue weighted by molar-refractivity contribution is 0.949. The van der Waals surface area contributed by atoms with E-state index in [9.17, 15) is 0 Å². The SMILES string of the molecule is Cc1nc(NCc2ccc(C#N)cc2)nc(Nc2cc(C3CC3)[nH]n2)n1. The maximum atomic E-state index is 8.85. The van der Waals surface area contributed by atoms with Crippen LogP contribution in [0.5, 0.6) is 0 Å². The minimum Gasteiger partial charge on any atom is -0.350 e. The largest absolute Gasteiger partial charge is 0.350 e. The molecule has 0 atom stereocenters. The number of aromatic amines is 1. The van der Waals surface area contributed by atoms with Gasteiger partial charge in [-0.25, -0.2) is 0 Å². The molecular formula is C18H18N8. The van der Waals surface area contributed by atoms with Gasteiger partial charge in [0.15, 0.2) is 5.82 Å². The fourth-order valence-corrected chi connectivity index (χ4v) is 2.61. The van der Waals surface area contributed by atoms with E-state index in [1.165, 1.54) is 12.8 Å². The molecule has 130 valence electrons. The Labute approximate surface area is 150 Å². The van der Waals surface area contributed by atoms with Gasteiger partial charge in [-0.15, -0.1) is 0 Å². The maximum Gasteiger partial charge on any atom is 0.233 e. The second-order valence-corrected chi connectivity index (χ2v) is 6.30. The normalized spacial score (nSPS) is 13.2. The first kappa shape index (κ1) is 16.0. The van der Waals surface area contributed by atoms with Crippen LogP contribution in [0, 0.1) is 18.3 Å². The first-order valence-corrected chi connectivity index (χ1v) is 8.47. The summed E-state index contributed by atoms with van der Waals surface area (Å²) in [4.78, 5) is 13.0. The molecule has 26 heavy (non-hydrogen) atoms. The zero-order valence-electron chi connectivity index (χ0n) is 14.3. The molecule has 0 amide bonds. The predicted molar refractivity (Wildman–Crippen MR) is 96.9 cm³/mol. The number of rotatable bonds is 6. The van der Waals surface area contributed by atoms with Gasteiger partial charge in [0.1, 0.15) is 5.82 Å². The summed E-state index contributed by atoms with van der Waals surface area (Å²) in [7, 11) is 0. The van der Waals surface area contributed by atoms with Crippen molar-refractivity contribution in [2.45, 2.75) is 32.2 Å². The van der Waals surface area contributed by atoms with Gasteiger partial charge in [0.05, 0.1) is 11.6 Å². The predicted octanol–water partition coefficient (Wildman–Crippen LogP) is 3.01. The standard InChI is InChI=1S/C18H18N8/c1-11-21-17(20-10-13-4-2-12(9-19)3-5-13)24-18(22-11)23-16-8-15(25-26-16)14-6-7-14/h2-5,8,14H,6-7,10H2,1H3,(H3,20,21,22,23,24,25,26). The van der Waals surface area contributed by atoms with Gasteiger partial charge in [-0.1, -0.05) is 12.1 Å². The number of benzene rings is 1. The van der Waals surface area contributed by atoms with Gasteiger partial charge in [-0.05, 0) is 37.5 Å². The molecule has 2 heterocycles. The molecule has 1 aliphatic rings. The molecule has 0 bridgehead atoms. The van der Waals surface area contributed by atoms with Crippen molar-refractivity contribution in [2.24, 2.45) is 0 Å². The number of nitriles is 1. The Morgan fingerprint density at radius 3 is 2.65 bits per heavy atom. The first-order valence-electron chi connectivity index (χ1n) is 8.47. The average molecular weight is 346 g/mol. The summed E-state index contributed by atoms with van der Waals surface area (Å²) in [6.45, 7) is 2.38. The number of nitrogens with one attached hydrogen (secondary N) is 3. The van der Waals surface area contributed by atoms with E-state index in [1.54, 1.807) is 12.1 Å². The smallest absolute Gasteiger partial charge is 0.233 e. The molecular weight excluding hydrogens is 328 g/mol. The number of anilines is 3. The lowest BCUT2D eigenvalue weighted by atomic mass is 10.1. The van der Waals surface area contributed by atoms with Gasteiger partial charge in [-0.3, -0.25) is 5.10 Å². The van der Waals surface area contributed by atoms with Crippen LogP contribution in [-0.4, -0.2) is 25.1 Å². The quantitative estimate of drug-likeness (QED) is 0.628. The van der Waals surface area contributed by atoms with Gasteiger partial charge in [0, 0.05) is 24.2 Å². The maximum absolute atomic E-state index is 8.85. The number of nitrogens with zero attached hydrogens (tertiary/aromatic N) is 5. The minimum absolute atomic E-state index is 0.452. The average Bonchev–Trinajstić information content (AvgIpc) is 3.40. The summed E-state index contributed by atoms with van der Waals surface area (Å²) in [6.07, 6.45) is 2.44. The van der Waals surface area contributed by atoms with Crippen LogP contribution in [-0.2, 0) is 6.54 Å². The van der Waals surface area contributed by atoms with Crippen LogP contribution in [0.2, 0.25) is 0 Å². The van der Waals surface area contributed by atoms with E-state index in [0.717, 1.165) is 11.3 Å². The number of aromatic nitrogens is 5. The molecule has 8 nitrogen and oxygen atoms in total. The van der Waals surface area contributed by atoms with Crippen molar-refractivity contribution in [2.75, 3.05) is 10.6 Å². The van der Waals surface area contributed by atoms with Crippen molar-refractivity contribution in [1.29, 1.82) is 5.26 Å². The highest BCUT2D eigenvalue weighted by Crippen LogP contribution is 2.39. The molecule has 1 aliphatic carbocycles. The zero-order valence-corrected chi connectivity index (χ0v) is 14.3. The Kier molecular flexibility index (Phi) is 4.19. The lowest BCUT2D eigenvalue weighted by Gasteiger charge is -2.08. The van der Waals surface area contributed by atoms with Crippen molar-refractivity contribution in [3.05, 3.63) is 53.0 Å². The molecule has 0 spiro atoms. The van der Waals surface area contributed by atoms with Crippen LogP contribution in [0.25, 0.3) is 0 Å². The Morgan fingerprint density at radius 2 is 1.92 bits per heavy atom. The van der Waals surface area contributed by atoms with Crippen molar-refractivity contribution < 1.29 is 0 Å². The molecule has 3 N–H and O–H groups in total. The van der Waals surface area contributed by atoms with Crippen LogP contribution in [0.4, 0.5) is 17.7 Å². The van der Waals surface area contributed by atoms with E-state index >= 15 is 0 Å². The van der Waals surface area contributed by atoms with E-state index in [4.69, 9.17) is 5.26 Å². The van der Waals surface area contributed by atoms with Crippen LogP contribution in [0.15, 0.2) is 30.3 Å². The molecule has 4 rings (SSSR count). The van der Waals surface area contributed by atoms with E-state index in [0.29, 0.717) is 41.6 Å². The highest BCUT2D eigenvalue weighted by Gasteiger charge is 2.25. The van der Waals surface area contributed by atoms with Gasteiger partial charge in [0.2, 0.25) is 11.9 Å². The molecule has 2 aromatic heterocycles. The molecule has 1 fully saturated rings. The van der Waals surface area contributed by atoms with E-state index in [2.05, 4.69) is 41.9 Å². The third kappa shape index (κ3) is 3.78. The number of hydrogen-bond acceptors (Lipinski definition) is 7. The molecule has 0 unspecified atom stereocenters. The van der Waals surface area contributed by atoms with E-state index in [1.807, 2.05) is 25.1 Å². The van der Waals surface area contributed by atoms with Crippen molar-refractivity contribution >= 4 is 17.7 Å². The second kappa shape index (κ2) is 6.80. The van der Waals surface area contributed by atoms with Gasteiger partial charge in [-0.2, -0.15) is 25.3 Å². The highest BCUT2D eigenvalue weighted by atomic mass is 15.3. The molecule has 3 aromatic rings. The fourth-order valence-electron chi connectivity index (χ4n) is 2.61. The van der Waals surface area contributed by atoms with E-state index < -0.39 is 0 Å². The first-order chi connectivity index (χ1) is 12.7. The van der Waals surface area contributed by atoms with E-state index in [-0.39, 0.29) is 0 Å². The zero-order chi connectivity index (χ0) is 17.9. The van der Waals surface area contributed by atoms with Crippen molar-refractivity contribution in [3.8, 4) is 6.07 Å². The Morgan fingerprint density at radius 1 is 1.15 bits per heavy atom. The van der Waals surface area contributed by atoms with Gasteiger partial charge in [0.25, 0.3) is 0 Å². The van der Waals surface area contributed by atoms with Crippen molar-refractivity contribution in [3.63, 3.8) is 0 Å². The Hall–Kier alpha value is -3.47. The fraction of sp³-hybridized carbons (Fsp3) is 0.278. The van der Waals surface area contributed by atoms with Crippen LogP contribution < -0.4 is 10.6 Å². The van der Waals surface area contributed by atoms with Crippen LogP contribution in [0.3, 0.4) is 0 Å². The summed E-state index contributed by atoms with van der Waals surface area (Å²) in [5, 5.41) is 22.5.